The molecule has 2 amide bonds. The van der Waals surface area contributed by atoms with E-state index in [1.165, 1.54) is 16.7 Å². The fourth-order valence-electron chi connectivity index (χ4n) is 8.67. The van der Waals surface area contributed by atoms with Crippen LogP contribution in [0.25, 0.3) is 33.8 Å². The Labute approximate surface area is 373 Å². The van der Waals surface area contributed by atoms with Crippen molar-refractivity contribution in [3.8, 4) is 33.8 Å². The summed E-state index contributed by atoms with van der Waals surface area (Å²) in [5, 5.41) is 6.09. The lowest BCUT2D eigenvalue weighted by molar-refractivity contribution is -0.130. The molecule has 1 fully saturated rings. The molecule has 8 heteroatoms. The van der Waals surface area contributed by atoms with Crippen LogP contribution in [0.2, 0.25) is 0 Å². The van der Waals surface area contributed by atoms with Gasteiger partial charge in [-0.2, -0.15) is 0 Å². The third-order valence-electron chi connectivity index (χ3n) is 11.9. The van der Waals surface area contributed by atoms with Crippen molar-refractivity contribution in [1.29, 1.82) is 0 Å². The van der Waals surface area contributed by atoms with Crippen molar-refractivity contribution in [3.63, 3.8) is 0 Å². The lowest BCUT2D eigenvalue weighted by Gasteiger charge is -2.33. The van der Waals surface area contributed by atoms with Crippen LogP contribution in [0.1, 0.15) is 83.1 Å². The maximum Gasteiger partial charge on any atom is 0.227 e. The quantitative estimate of drug-likeness (QED) is 0.100. The first-order chi connectivity index (χ1) is 30.3. The van der Waals surface area contributed by atoms with E-state index in [0.29, 0.717) is 48.4 Å². The summed E-state index contributed by atoms with van der Waals surface area (Å²) < 4.78 is 0. The van der Waals surface area contributed by atoms with Gasteiger partial charge in [0, 0.05) is 47.1 Å². The normalized spacial score (nSPS) is 16.3. The molecule has 2 unspecified atom stereocenters. The van der Waals surface area contributed by atoms with Crippen molar-refractivity contribution in [3.05, 3.63) is 150 Å². The van der Waals surface area contributed by atoms with Gasteiger partial charge in [-0.05, 0) is 109 Å². The molecule has 1 aliphatic rings. The van der Waals surface area contributed by atoms with Gasteiger partial charge < -0.3 is 10.6 Å². The second-order valence-electron chi connectivity index (χ2n) is 18.7. The number of ketones is 1. The lowest BCUT2D eigenvalue weighted by Crippen LogP contribution is -2.39. The minimum atomic E-state index is -0.560. The summed E-state index contributed by atoms with van der Waals surface area (Å²) in [5.74, 6) is -0.328. The van der Waals surface area contributed by atoms with Crippen molar-refractivity contribution < 1.29 is 14.4 Å². The molecule has 0 aliphatic heterocycles. The van der Waals surface area contributed by atoms with Gasteiger partial charge in [0.1, 0.15) is 5.78 Å². The molecule has 0 saturated heterocycles. The minimum Gasteiger partial charge on any atom is -0.324 e. The summed E-state index contributed by atoms with van der Waals surface area (Å²) in [4.78, 5) is 56.1. The highest BCUT2D eigenvalue weighted by Gasteiger charge is 2.39. The average molecular weight is 840 g/mol. The van der Waals surface area contributed by atoms with Crippen LogP contribution in [0.15, 0.2) is 128 Å². The van der Waals surface area contributed by atoms with Gasteiger partial charge >= 0.3 is 0 Å². The standard InChI is InChI=1S/C55H61N5O3/c1-35(2)25-38-7-14-42(15-8-38)50-22-13-41(32-56-50)28-53(61)45-29-46(54(62)59-48-20-23-51(57-33-48)43-16-9-39(10-17-43)26-36(3)4)31-47(30-45)55(63)60-49-21-24-52(58-34-49)44-18-11-40(12-19-44)27-37(5)6/h7-24,32-37,45-47H,25-31H2,1-6H3,(H,59,62)(H,60,63). The van der Waals surface area contributed by atoms with E-state index >= 15 is 0 Å². The summed E-state index contributed by atoms with van der Waals surface area (Å²) in [5.41, 5.74) is 11.3. The van der Waals surface area contributed by atoms with E-state index in [9.17, 15) is 14.4 Å². The number of rotatable bonds is 16. The van der Waals surface area contributed by atoms with Crippen LogP contribution in [0.5, 0.6) is 0 Å². The van der Waals surface area contributed by atoms with Crippen molar-refractivity contribution in [2.45, 2.75) is 86.5 Å². The van der Waals surface area contributed by atoms with Gasteiger partial charge in [-0.15, -0.1) is 0 Å². The number of carbonyl (C=O) groups is 3. The Kier molecular flexibility index (Phi) is 14.7. The molecule has 324 valence electrons. The van der Waals surface area contributed by atoms with Crippen LogP contribution >= 0.6 is 0 Å². The number of pyridine rings is 3. The molecule has 8 nitrogen and oxygen atoms in total. The fourth-order valence-corrected chi connectivity index (χ4v) is 8.67. The molecule has 1 saturated carbocycles. The maximum atomic E-state index is 14.1. The molecule has 2 atom stereocenters. The number of nitrogens with zero attached hydrogens (tertiary/aromatic N) is 3. The zero-order chi connectivity index (χ0) is 44.5. The molecule has 0 bridgehead atoms. The first-order valence-corrected chi connectivity index (χ1v) is 22.6. The van der Waals surface area contributed by atoms with E-state index in [0.717, 1.165) is 58.6 Å². The summed E-state index contributed by atoms with van der Waals surface area (Å²) in [6, 6.07) is 36.8. The van der Waals surface area contributed by atoms with Gasteiger partial charge in [0.15, 0.2) is 0 Å². The number of hydrogen-bond acceptors (Lipinski definition) is 6. The maximum absolute atomic E-state index is 14.1. The molecule has 3 aromatic heterocycles. The second kappa shape index (κ2) is 20.7. The summed E-state index contributed by atoms with van der Waals surface area (Å²) in [7, 11) is 0. The van der Waals surface area contributed by atoms with E-state index in [-0.39, 0.29) is 24.0 Å². The third kappa shape index (κ3) is 12.4. The van der Waals surface area contributed by atoms with E-state index in [1.54, 1.807) is 18.6 Å². The van der Waals surface area contributed by atoms with Crippen LogP contribution in [0.3, 0.4) is 0 Å². The summed E-state index contributed by atoms with van der Waals surface area (Å²) in [6.07, 6.45) is 9.34. The molecule has 63 heavy (non-hydrogen) atoms. The molecular weight excluding hydrogens is 779 g/mol. The number of anilines is 2. The Morgan fingerprint density at radius 3 is 1.10 bits per heavy atom. The fraction of sp³-hybridized carbons (Fsp3) is 0.345. The third-order valence-corrected chi connectivity index (χ3v) is 11.9. The predicted octanol–water partition coefficient (Wildman–Crippen LogP) is 11.9. The Morgan fingerprint density at radius 2 is 0.778 bits per heavy atom. The highest BCUT2D eigenvalue weighted by molar-refractivity contribution is 5.97. The molecule has 3 aromatic carbocycles. The molecule has 6 aromatic rings. The first kappa shape index (κ1) is 44.8. The number of aromatic nitrogens is 3. The van der Waals surface area contributed by atoms with Crippen molar-refractivity contribution in [2.24, 2.45) is 35.5 Å². The number of carbonyl (C=O) groups excluding carboxylic acids is 3. The average Bonchev–Trinajstić information content (AvgIpc) is 3.27. The lowest BCUT2D eigenvalue weighted by atomic mass is 9.72. The molecule has 7 rings (SSSR count). The van der Waals surface area contributed by atoms with Gasteiger partial charge in [-0.3, -0.25) is 29.3 Å². The Balaban J connectivity index is 1.04. The van der Waals surface area contributed by atoms with Crippen molar-refractivity contribution in [2.75, 3.05) is 10.6 Å². The number of hydrogen-bond donors (Lipinski definition) is 2. The zero-order valence-corrected chi connectivity index (χ0v) is 37.6. The number of Topliss-reactive ketones (excluding diaryl/α,β-unsaturated/α-hetero) is 1. The van der Waals surface area contributed by atoms with Gasteiger partial charge in [-0.25, -0.2) is 0 Å². The molecule has 2 N–H and O–H groups in total. The van der Waals surface area contributed by atoms with E-state index in [4.69, 9.17) is 4.98 Å². The zero-order valence-electron chi connectivity index (χ0n) is 37.6. The van der Waals surface area contributed by atoms with E-state index in [2.05, 4.69) is 135 Å². The Bertz CT molecular complexity index is 2160. The van der Waals surface area contributed by atoms with Crippen LogP contribution in [-0.4, -0.2) is 32.5 Å². The highest BCUT2D eigenvalue weighted by atomic mass is 16.2. The predicted molar refractivity (Wildman–Crippen MR) is 255 cm³/mol. The van der Waals surface area contributed by atoms with Crippen LogP contribution in [-0.2, 0) is 40.1 Å². The van der Waals surface area contributed by atoms with Crippen molar-refractivity contribution >= 4 is 29.0 Å². The van der Waals surface area contributed by atoms with Gasteiger partial charge in [0.05, 0.1) is 40.9 Å². The number of amides is 2. The largest absolute Gasteiger partial charge is 0.324 e. The number of nitrogens with one attached hydrogen (secondary N) is 2. The Morgan fingerprint density at radius 1 is 0.444 bits per heavy atom. The van der Waals surface area contributed by atoms with E-state index in [1.807, 2.05) is 36.4 Å². The molecule has 0 spiro atoms. The monoisotopic (exact) mass is 839 g/mol. The van der Waals surface area contributed by atoms with Gasteiger partial charge in [-0.1, -0.05) is 120 Å². The van der Waals surface area contributed by atoms with Crippen molar-refractivity contribution in [1.82, 2.24) is 15.0 Å². The van der Waals surface area contributed by atoms with Crippen LogP contribution in [0.4, 0.5) is 11.4 Å². The molecule has 0 radical (unpaired) electrons. The van der Waals surface area contributed by atoms with Crippen LogP contribution in [0, 0.1) is 35.5 Å². The summed E-state index contributed by atoms with van der Waals surface area (Å²) >= 11 is 0. The van der Waals surface area contributed by atoms with Gasteiger partial charge in [0.25, 0.3) is 0 Å². The number of benzene rings is 3. The molecule has 3 heterocycles. The summed E-state index contributed by atoms with van der Waals surface area (Å²) in [6.45, 7) is 13.3. The Hall–Kier alpha value is -6.28. The van der Waals surface area contributed by atoms with E-state index < -0.39 is 17.8 Å². The topological polar surface area (TPSA) is 114 Å². The van der Waals surface area contributed by atoms with Gasteiger partial charge in [0.2, 0.25) is 11.8 Å². The second-order valence-corrected chi connectivity index (χ2v) is 18.7. The molecule has 1 aliphatic carbocycles. The molecular formula is C55H61N5O3. The highest BCUT2D eigenvalue weighted by Crippen LogP contribution is 2.37. The SMILES string of the molecule is CC(C)Cc1ccc(-c2ccc(CC(=O)C3CC(C(=O)Nc4ccc(-c5ccc(CC(C)C)cc5)nc4)CC(C(=O)Nc4ccc(-c5ccc(CC(C)C)cc5)nc4)C3)cn2)cc1. The minimum absolute atomic E-state index is 0.00578. The first-order valence-electron chi connectivity index (χ1n) is 22.6. The van der Waals surface area contributed by atoms with Crippen LogP contribution < -0.4 is 10.6 Å². The smallest absolute Gasteiger partial charge is 0.227 e.